The highest BCUT2D eigenvalue weighted by atomic mass is 31.2. The molecule has 1 atom stereocenters. The summed E-state index contributed by atoms with van der Waals surface area (Å²) in [5, 5.41) is 3.21. The Morgan fingerprint density at radius 2 is 1.93 bits per heavy atom. The summed E-state index contributed by atoms with van der Waals surface area (Å²) in [4.78, 5) is 9.22. The monoisotopic (exact) mass is 223 g/mol. The molecule has 5 heteroatoms. The molecule has 0 aliphatic heterocycles. The number of rotatable bonds is 9. The van der Waals surface area contributed by atoms with Crippen LogP contribution >= 0.6 is 7.60 Å². The van der Waals surface area contributed by atoms with Crippen molar-refractivity contribution in [2.24, 2.45) is 0 Å². The van der Waals surface area contributed by atoms with E-state index in [-0.39, 0.29) is 6.16 Å². The Morgan fingerprint density at radius 1 is 1.29 bits per heavy atom. The van der Waals surface area contributed by atoms with Crippen LogP contribution in [0.25, 0.3) is 0 Å². The molecule has 1 unspecified atom stereocenters. The highest BCUT2D eigenvalue weighted by molar-refractivity contribution is 7.52. The second-order valence-electron chi connectivity index (χ2n) is 3.24. The average Bonchev–Trinajstić information content (AvgIpc) is 2.11. The van der Waals surface area contributed by atoms with Crippen LogP contribution in [0, 0.1) is 0 Å². The van der Waals surface area contributed by atoms with E-state index in [1.54, 1.807) is 6.92 Å². The molecular weight excluding hydrogens is 201 g/mol. The van der Waals surface area contributed by atoms with E-state index in [0.29, 0.717) is 13.0 Å². The summed E-state index contributed by atoms with van der Waals surface area (Å²) in [6, 6.07) is 0. The van der Waals surface area contributed by atoms with E-state index in [1.807, 2.05) is 0 Å². The van der Waals surface area contributed by atoms with Gasteiger partial charge in [0.25, 0.3) is 0 Å². The molecule has 0 amide bonds. The van der Waals surface area contributed by atoms with E-state index in [9.17, 15) is 9.46 Å². The molecule has 0 rings (SSSR count). The first-order chi connectivity index (χ1) is 6.62. The molecule has 0 spiro atoms. The number of unbranched alkanes of at least 4 members (excludes halogenated alkanes) is 1. The Morgan fingerprint density at radius 3 is 2.50 bits per heavy atom. The van der Waals surface area contributed by atoms with Gasteiger partial charge in [-0.25, -0.2) is 0 Å². The first kappa shape index (κ1) is 14.1. The zero-order valence-electron chi connectivity index (χ0n) is 9.16. The summed E-state index contributed by atoms with van der Waals surface area (Å²) >= 11 is 0. The van der Waals surface area contributed by atoms with Gasteiger partial charge in [-0.05, 0) is 32.9 Å². The fourth-order valence-electron chi connectivity index (χ4n) is 1.10. The van der Waals surface area contributed by atoms with E-state index in [2.05, 4.69) is 12.2 Å². The van der Waals surface area contributed by atoms with Crippen molar-refractivity contribution in [2.75, 3.05) is 25.9 Å². The maximum atomic E-state index is 11.2. The van der Waals surface area contributed by atoms with Crippen molar-refractivity contribution < 1.29 is 14.0 Å². The SMILES string of the molecule is CCCCNCCCP(=O)(O)OCC. The highest BCUT2D eigenvalue weighted by Crippen LogP contribution is 2.41. The summed E-state index contributed by atoms with van der Waals surface area (Å²) in [5.41, 5.74) is 0. The van der Waals surface area contributed by atoms with E-state index in [1.165, 1.54) is 6.42 Å². The molecule has 0 saturated heterocycles. The molecule has 86 valence electrons. The first-order valence-corrected chi connectivity index (χ1v) is 7.05. The molecule has 0 aromatic carbocycles. The van der Waals surface area contributed by atoms with Gasteiger partial charge in [0.05, 0.1) is 12.8 Å². The molecule has 2 N–H and O–H groups in total. The van der Waals surface area contributed by atoms with Gasteiger partial charge in [-0.2, -0.15) is 0 Å². The predicted molar refractivity (Wildman–Crippen MR) is 58.7 cm³/mol. The van der Waals surface area contributed by atoms with Crippen LogP contribution in [0.15, 0.2) is 0 Å². The minimum absolute atomic E-state index is 0.250. The number of nitrogens with one attached hydrogen (secondary N) is 1. The van der Waals surface area contributed by atoms with Crippen LogP contribution in [0.2, 0.25) is 0 Å². The highest BCUT2D eigenvalue weighted by Gasteiger charge is 2.16. The fraction of sp³-hybridized carbons (Fsp3) is 1.00. The molecule has 0 aliphatic carbocycles. The lowest BCUT2D eigenvalue weighted by molar-refractivity contribution is 0.273. The molecule has 0 fully saturated rings. The Labute approximate surface area is 86.6 Å². The average molecular weight is 223 g/mol. The predicted octanol–water partition coefficient (Wildman–Crippen LogP) is 1.99. The minimum atomic E-state index is -3.29. The zero-order chi connectivity index (χ0) is 10.9. The second-order valence-corrected chi connectivity index (χ2v) is 5.22. The molecule has 0 radical (unpaired) electrons. The molecule has 4 nitrogen and oxygen atoms in total. The molecule has 0 bridgehead atoms. The van der Waals surface area contributed by atoms with Crippen molar-refractivity contribution in [3.63, 3.8) is 0 Å². The van der Waals surface area contributed by atoms with Crippen molar-refractivity contribution in [1.29, 1.82) is 0 Å². The molecule has 0 saturated carbocycles. The maximum absolute atomic E-state index is 11.2. The van der Waals surface area contributed by atoms with Gasteiger partial charge in [0.2, 0.25) is 0 Å². The minimum Gasteiger partial charge on any atom is -0.324 e. The Hall–Kier alpha value is 0.110. The van der Waals surface area contributed by atoms with Crippen LogP contribution in [0.3, 0.4) is 0 Å². The van der Waals surface area contributed by atoms with Crippen LogP contribution < -0.4 is 5.32 Å². The standard InChI is InChI=1S/C9H22NO3P/c1-3-5-7-10-8-6-9-14(11,12)13-4-2/h10H,3-9H2,1-2H3,(H,11,12). The third-order valence-electron chi connectivity index (χ3n) is 1.83. The second kappa shape index (κ2) is 8.42. The van der Waals surface area contributed by atoms with Gasteiger partial charge in [-0.3, -0.25) is 4.57 Å². The van der Waals surface area contributed by atoms with Crippen molar-refractivity contribution in [2.45, 2.75) is 33.1 Å². The quantitative estimate of drug-likeness (QED) is 0.463. The molecule has 14 heavy (non-hydrogen) atoms. The normalized spacial score (nSPS) is 15.4. The van der Waals surface area contributed by atoms with Crippen molar-refractivity contribution in [3.8, 4) is 0 Å². The van der Waals surface area contributed by atoms with E-state index < -0.39 is 7.60 Å². The number of hydrogen-bond acceptors (Lipinski definition) is 3. The van der Waals surface area contributed by atoms with Gasteiger partial charge in [0.1, 0.15) is 0 Å². The van der Waals surface area contributed by atoms with Crippen LogP contribution in [0.4, 0.5) is 0 Å². The summed E-state index contributed by atoms with van der Waals surface area (Å²) < 4.78 is 15.9. The van der Waals surface area contributed by atoms with Gasteiger partial charge in [-0.1, -0.05) is 13.3 Å². The Balaban J connectivity index is 3.30. The molecular formula is C9H22NO3P. The van der Waals surface area contributed by atoms with E-state index in [4.69, 9.17) is 4.52 Å². The van der Waals surface area contributed by atoms with Gasteiger partial charge in [0, 0.05) is 0 Å². The van der Waals surface area contributed by atoms with E-state index in [0.717, 1.165) is 19.5 Å². The Kier molecular flexibility index (Phi) is 8.49. The van der Waals surface area contributed by atoms with Gasteiger partial charge < -0.3 is 14.7 Å². The smallest absolute Gasteiger partial charge is 0.324 e. The summed E-state index contributed by atoms with van der Waals surface area (Å²) in [7, 11) is -3.29. The topological polar surface area (TPSA) is 58.6 Å². The lowest BCUT2D eigenvalue weighted by Crippen LogP contribution is -2.17. The number of hydrogen-bond donors (Lipinski definition) is 2. The third kappa shape index (κ3) is 8.70. The lowest BCUT2D eigenvalue weighted by Gasteiger charge is -2.10. The zero-order valence-corrected chi connectivity index (χ0v) is 10.1. The van der Waals surface area contributed by atoms with Crippen LogP contribution in [-0.2, 0) is 9.09 Å². The van der Waals surface area contributed by atoms with E-state index >= 15 is 0 Å². The summed E-state index contributed by atoms with van der Waals surface area (Å²) in [6.45, 7) is 5.94. The van der Waals surface area contributed by atoms with Crippen molar-refractivity contribution in [3.05, 3.63) is 0 Å². The molecule has 0 aromatic heterocycles. The van der Waals surface area contributed by atoms with Gasteiger partial charge >= 0.3 is 7.60 Å². The fourth-order valence-corrected chi connectivity index (χ4v) is 2.19. The molecule has 0 heterocycles. The largest absolute Gasteiger partial charge is 0.328 e. The van der Waals surface area contributed by atoms with Crippen molar-refractivity contribution in [1.82, 2.24) is 5.32 Å². The van der Waals surface area contributed by atoms with Crippen LogP contribution in [0.5, 0.6) is 0 Å². The third-order valence-corrected chi connectivity index (χ3v) is 3.38. The van der Waals surface area contributed by atoms with Gasteiger partial charge in [0.15, 0.2) is 0 Å². The lowest BCUT2D eigenvalue weighted by atomic mass is 10.3. The summed E-state index contributed by atoms with van der Waals surface area (Å²) in [5.74, 6) is 0. The van der Waals surface area contributed by atoms with Crippen LogP contribution in [0.1, 0.15) is 33.1 Å². The van der Waals surface area contributed by atoms with Gasteiger partial charge in [-0.15, -0.1) is 0 Å². The molecule has 0 aromatic rings. The Bertz CT molecular complexity index is 175. The first-order valence-electron chi connectivity index (χ1n) is 5.29. The maximum Gasteiger partial charge on any atom is 0.328 e. The van der Waals surface area contributed by atoms with Crippen LogP contribution in [-0.4, -0.2) is 30.8 Å². The van der Waals surface area contributed by atoms with Crippen molar-refractivity contribution >= 4 is 7.60 Å². The summed E-state index contributed by atoms with van der Waals surface area (Å²) in [6.07, 6.45) is 3.27. The molecule has 0 aliphatic rings.